The molecule has 1 heterocycles. The second-order valence-electron chi connectivity index (χ2n) is 5.97. The van der Waals surface area contributed by atoms with E-state index in [2.05, 4.69) is 47.8 Å². The highest BCUT2D eigenvalue weighted by Gasteiger charge is 2.15. The summed E-state index contributed by atoms with van der Waals surface area (Å²) in [7, 11) is 0. The number of benzene rings is 2. The predicted molar refractivity (Wildman–Crippen MR) is 99.9 cm³/mol. The van der Waals surface area contributed by atoms with Crippen molar-refractivity contribution in [2.24, 2.45) is 0 Å². The summed E-state index contributed by atoms with van der Waals surface area (Å²) in [6.07, 6.45) is 0. The third kappa shape index (κ3) is 3.67. The molecule has 0 saturated carbocycles. The molecule has 126 valence electrons. The van der Waals surface area contributed by atoms with Gasteiger partial charge in [0.1, 0.15) is 17.3 Å². The fraction of sp³-hybridized carbons (Fsp3) is 0.150. The molecule has 1 aromatic heterocycles. The summed E-state index contributed by atoms with van der Waals surface area (Å²) in [5, 5.41) is 0.262. The van der Waals surface area contributed by atoms with Crippen LogP contribution in [0.1, 0.15) is 36.6 Å². The number of nitrogens with one attached hydrogen (secondary N) is 1. The lowest BCUT2D eigenvalue weighted by Gasteiger charge is -2.03. The van der Waals surface area contributed by atoms with Gasteiger partial charge in [-0.15, -0.1) is 0 Å². The van der Waals surface area contributed by atoms with E-state index < -0.39 is 5.82 Å². The van der Waals surface area contributed by atoms with Gasteiger partial charge in [-0.2, -0.15) is 0 Å². The fourth-order valence-electron chi connectivity index (χ4n) is 2.41. The Bertz CT molecular complexity index is 943. The fourth-order valence-corrected chi connectivity index (χ4v) is 2.66. The molecule has 3 N–H and O–H groups in total. The average Bonchev–Trinajstić information content (AvgIpc) is 2.93. The molecule has 25 heavy (non-hydrogen) atoms. The van der Waals surface area contributed by atoms with Crippen LogP contribution in [0.25, 0.3) is 11.4 Å². The zero-order valence-corrected chi connectivity index (χ0v) is 14.7. The Morgan fingerprint density at radius 2 is 1.84 bits per heavy atom. The Morgan fingerprint density at radius 1 is 1.12 bits per heavy atom. The first kappa shape index (κ1) is 17.1. The molecule has 0 radical (unpaired) electrons. The van der Waals surface area contributed by atoms with Crippen molar-refractivity contribution in [3.8, 4) is 23.2 Å². The van der Waals surface area contributed by atoms with E-state index in [-0.39, 0.29) is 22.2 Å². The normalized spacial score (nSPS) is 10.6. The van der Waals surface area contributed by atoms with Gasteiger partial charge < -0.3 is 10.7 Å². The maximum atomic E-state index is 14.0. The molecule has 0 saturated heterocycles. The third-order valence-electron chi connectivity index (χ3n) is 3.84. The van der Waals surface area contributed by atoms with Crippen LogP contribution in [0.3, 0.4) is 0 Å². The minimum absolute atomic E-state index is 0.185. The first-order chi connectivity index (χ1) is 12.0. The van der Waals surface area contributed by atoms with Crippen LogP contribution < -0.4 is 5.73 Å². The summed E-state index contributed by atoms with van der Waals surface area (Å²) in [6, 6.07) is 12.5. The first-order valence-electron chi connectivity index (χ1n) is 7.87. The number of nitrogens with two attached hydrogens (primary N) is 1. The van der Waals surface area contributed by atoms with Crippen molar-refractivity contribution in [2.45, 2.75) is 19.8 Å². The number of hydrogen-bond donors (Lipinski definition) is 2. The van der Waals surface area contributed by atoms with Crippen molar-refractivity contribution in [1.29, 1.82) is 0 Å². The quantitative estimate of drug-likeness (QED) is 0.639. The monoisotopic (exact) mass is 353 g/mol. The number of aromatic nitrogens is 2. The minimum Gasteiger partial charge on any atom is -0.381 e. The summed E-state index contributed by atoms with van der Waals surface area (Å²) in [5.74, 6) is 6.46. The van der Waals surface area contributed by atoms with Gasteiger partial charge in [-0.05, 0) is 41.7 Å². The SMILES string of the molecule is CC(C)c1ccc(C#Cc2[nH]c(-c3c(F)cccc3Cl)nc2N)cc1. The summed E-state index contributed by atoms with van der Waals surface area (Å²) >= 11 is 6.06. The lowest BCUT2D eigenvalue weighted by Crippen LogP contribution is -1.89. The molecule has 0 atom stereocenters. The van der Waals surface area contributed by atoms with Crippen molar-refractivity contribution in [3.05, 3.63) is 70.1 Å². The van der Waals surface area contributed by atoms with Crippen LogP contribution in [0, 0.1) is 17.7 Å². The van der Waals surface area contributed by atoms with Gasteiger partial charge in [0.05, 0.1) is 10.6 Å². The van der Waals surface area contributed by atoms with Gasteiger partial charge in [0.25, 0.3) is 0 Å². The van der Waals surface area contributed by atoms with E-state index in [9.17, 15) is 4.39 Å². The maximum absolute atomic E-state index is 14.0. The third-order valence-corrected chi connectivity index (χ3v) is 4.16. The number of hydrogen-bond acceptors (Lipinski definition) is 2. The van der Waals surface area contributed by atoms with E-state index in [0.29, 0.717) is 11.6 Å². The molecule has 0 aliphatic carbocycles. The Labute approximate surface area is 151 Å². The second kappa shape index (κ2) is 7.00. The van der Waals surface area contributed by atoms with E-state index in [0.717, 1.165) is 5.56 Å². The van der Waals surface area contributed by atoms with Crippen LogP contribution in [-0.4, -0.2) is 9.97 Å². The summed E-state index contributed by atoms with van der Waals surface area (Å²) in [5.41, 5.74) is 8.63. The van der Waals surface area contributed by atoms with E-state index in [1.54, 1.807) is 6.07 Å². The summed E-state index contributed by atoms with van der Waals surface area (Å²) in [6.45, 7) is 4.28. The Kier molecular flexibility index (Phi) is 4.78. The maximum Gasteiger partial charge on any atom is 0.158 e. The highest BCUT2D eigenvalue weighted by atomic mass is 35.5. The molecule has 5 heteroatoms. The number of halogens is 2. The second-order valence-corrected chi connectivity index (χ2v) is 6.38. The molecule has 0 aliphatic rings. The molecule has 0 unspecified atom stereocenters. The van der Waals surface area contributed by atoms with Crippen LogP contribution in [0.5, 0.6) is 0 Å². The number of aromatic amines is 1. The number of H-pyrrole nitrogens is 1. The van der Waals surface area contributed by atoms with E-state index in [1.807, 2.05) is 12.1 Å². The van der Waals surface area contributed by atoms with E-state index in [4.69, 9.17) is 17.3 Å². The van der Waals surface area contributed by atoms with Crippen LogP contribution in [-0.2, 0) is 0 Å². The predicted octanol–water partition coefficient (Wildman–Crippen LogP) is 4.97. The standard InChI is InChI=1S/C20H17ClFN3/c1-12(2)14-9-6-13(7-10-14)8-11-17-19(23)25-20(24-17)18-15(21)4-3-5-16(18)22/h3-7,9-10,12H,23H2,1-2H3,(H,24,25). The number of nitrogen functional groups attached to an aromatic ring is 1. The van der Waals surface area contributed by atoms with E-state index >= 15 is 0 Å². The topological polar surface area (TPSA) is 54.7 Å². The molecule has 0 spiro atoms. The largest absolute Gasteiger partial charge is 0.381 e. The summed E-state index contributed by atoms with van der Waals surface area (Å²) in [4.78, 5) is 7.09. The molecule has 0 amide bonds. The van der Waals surface area contributed by atoms with Crippen molar-refractivity contribution in [3.63, 3.8) is 0 Å². The Morgan fingerprint density at radius 3 is 2.48 bits per heavy atom. The highest BCUT2D eigenvalue weighted by molar-refractivity contribution is 6.33. The first-order valence-corrected chi connectivity index (χ1v) is 8.25. The number of rotatable bonds is 2. The van der Waals surface area contributed by atoms with Crippen LogP contribution in [0.4, 0.5) is 10.2 Å². The van der Waals surface area contributed by atoms with Gasteiger partial charge in [-0.25, -0.2) is 9.37 Å². The van der Waals surface area contributed by atoms with Crippen LogP contribution >= 0.6 is 11.6 Å². The smallest absolute Gasteiger partial charge is 0.158 e. The number of anilines is 1. The Hall–Kier alpha value is -2.77. The average molecular weight is 354 g/mol. The number of imidazole rings is 1. The minimum atomic E-state index is -0.468. The highest BCUT2D eigenvalue weighted by Crippen LogP contribution is 2.29. The zero-order valence-electron chi connectivity index (χ0n) is 13.9. The zero-order chi connectivity index (χ0) is 18.0. The molecule has 3 nitrogen and oxygen atoms in total. The number of nitrogens with zero attached hydrogens (tertiary/aromatic N) is 1. The van der Waals surface area contributed by atoms with Gasteiger partial charge in [-0.1, -0.05) is 49.6 Å². The lowest BCUT2D eigenvalue weighted by atomic mass is 10.0. The molecule has 0 aliphatic heterocycles. The Balaban J connectivity index is 1.92. The van der Waals surface area contributed by atoms with Crippen molar-refractivity contribution >= 4 is 17.4 Å². The van der Waals surface area contributed by atoms with Gasteiger partial charge >= 0.3 is 0 Å². The van der Waals surface area contributed by atoms with Gasteiger partial charge in [0.15, 0.2) is 5.82 Å². The molecule has 0 bridgehead atoms. The van der Waals surface area contributed by atoms with Gasteiger partial charge in [0, 0.05) is 5.56 Å². The van der Waals surface area contributed by atoms with Crippen LogP contribution in [0.15, 0.2) is 42.5 Å². The molecule has 2 aromatic carbocycles. The molecule has 0 fully saturated rings. The van der Waals surface area contributed by atoms with Crippen molar-refractivity contribution in [1.82, 2.24) is 9.97 Å². The van der Waals surface area contributed by atoms with E-state index in [1.165, 1.54) is 17.7 Å². The van der Waals surface area contributed by atoms with Gasteiger partial charge in [-0.3, -0.25) is 0 Å². The van der Waals surface area contributed by atoms with Gasteiger partial charge in [0.2, 0.25) is 0 Å². The summed E-state index contributed by atoms with van der Waals surface area (Å²) < 4.78 is 14.0. The molecular formula is C20H17ClFN3. The van der Waals surface area contributed by atoms with Crippen molar-refractivity contribution < 1.29 is 4.39 Å². The van der Waals surface area contributed by atoms with Crippen molar-refractivity contribution in [2.75, 3.05) is 5.73 Å². The molecular weight excluding hydrogens is 337 g/mol. The van der Waals surface area contributed by atoms with Crippen LogP contribution in [0.2, 0.25) is 5.02 Å². The molecule has 3 aromatic rings. The molecule has 3 rings (SSSR count). The lowest BCUT2D eigenvalue weighted by molar-refractivity contribution is 0.630.